The van der Waals surface area contributed by atoms with Crippen molar-refractivity contribution in [1.29, 1.82) is 0 Å². The summed E-state index contributed by atoms with van der Waals surface area (Å²) in [6.07, 6.45) is 2.03. The fourth-order valence-electron chi connectivity index (χ4n) is 3.25. The topological polar surface area (TPSA) is 120 Å². The van der Waals surface area contributed by atoms with Crippen LogP contribution >= 0.6 is 15.9 Å². The molecule has 1 saturated carbocycles. The van der Waals surface area contributed by atoms with Crippen molar-refractivity contribution in [3.63, 3.8) is 0 Å². The zero-order chi connectivity index (χ0) is 25.5. The van der Waals surface area contributed by atoms with Crippen molar-refractivity contribution in [2.75, 3.05) is 24.3 Å². The number of alkyl halides is 3. The Morgan fingerprint density at radius 2 is 1.68 bits per heavy atom. The third-order valence-corrected chi connectivity index (χ3v) is 5.34. The number of carboxylic acid groups (broad SMARTS) is 1. The number of hydrogen-bond acceptors (Lipinski definition) is 7. The Balaban J connectivity index is 0.000000509. The van der Waals surface area contributed by atoms with E-state index in [-0.39, 0.29) is 11.9 Å². The van der Waals surface area contributed by atoms with Gasteiger partial charge in [0.05, 0.1) is 5.56 Å². The average Bonchev–Trinajstić information content (AvgIpc) is 2.74. The lowest BCUT2D eigenvalue weighted by atomic mass is 9.91. The van der Waals surface area contributed by atoms with E-state index in [0.29, 0.717) is 11.6 Å². The van der Waals surface area contributed by atoms with E-state index in [4.69, 9.17) is 9.90 Å². The highest BCUT2D eigenvalue weighted by Crippen LogP contribution is 2.23. The molecule has 1 amide bonds. The summed E-state index contributed by atoms with van der Waals surface area (Å²) < 4.78 is 32.5. The van der Waals surface area contributed by atoms with Crippen LogP contribution < -0.4 is 15.5 Å². The molecule has 1 aliphatic rings. The molecule has 0 saturated heterocycles. The molecule has 0 aromatic carbocycles. The molecule has 0 bridgehead atoms. The lowest BCUT2D eigenvalue weighted by molar-refractivity contribution is -0.192. The molecule has 9 nitrogen and oxygen atoms in total. The predicted octanol–water partition coefficient (Wildman–Crippen LogP) is 3.79. The summed E-state index contributed by atoms with van der Waals surface area (Å²) in [7, 11) is 3.94. The third-order valence-electron chi connectivity index (χ3n) is 4.91. The highest BCUT2D eigenvalue weighted by atomic mass is 79.9. The summed E-state index contributed by atoms with van der Waals surface area (Å²) in [6, 6.07) is 4.31. The van der Waals surface area contributed by atoms with Crippen LogP contribution in [0.4, 0.5) is 24.8 Å². The van der Waals surface area contributed by atoms with Crippen molar-refractivity contribution in [2.24, 2.45) is 0 Å². The molecule has 13 heteroatoms. The lowest BCUT2D eigenvalue weighted by Crippen LogP contribution is -2.40. The number of aryl methyl sites for hydroxylation is 1. The quantitative estimate of drug-likeness (QED) is 0.518. The van der Waals surface area contributed by atoms with Crippen LogP contribution in [0.1, 0.15) is 41.9 Å². The van der Waals surface area contributed by atoms with E-state index in [1.807, 2.05) is 32.0 Å². The first kappa shape index (κ1) is 27.3. The minimum Gasteiger partial charge on any atom is -0.475 e. The first-order chi connectivity index (χ1) is 15.8. The van der Waals surface area contributed by atoms with Crippen molar-refractivity contribution < 1.29 is 27.9 Å². The van der Waals surface area contributed by atoms with Gasteiger partial charge in [0, 0.05) is 49.1 Å². The van der Waals surface area contributed by atoms with Gasteiger partial charge in [-0.25, -0.2) is 14.8 Å². The summed E-state index contributed by atoms with van der Waals surface area (Å²) in [5.74, 6) is -0.311. The van der Waals surface area contributed by atoms with Crippen molar-refractivity contribution in [3.8, 4) is 0 Å². The van der Waals surface area contributed by atoms with Crippen molar-refractivity contribution in [2.45, 2.75) is 50.9 Å². The van der Waals surface area contributed by atoms with Crippen LogP contribution in [0, 0.1) is 6.92 Å². The van der Waals surface area contributed by atoms with Gasteiger partial charge in [-0.05, 0) is 54.6 Å². The Bertz CT molecular complexity index is 998. The maximum absolute atomic E-state index is 12.4. The predicted molar refractivity (Wildman–Crippen MR) is 124 cm³/mol. The number of aromatic nitrogens is 3. The van der Waals surface area contributed by atoms with Crippen LogP contribution in [-0.2, 0) is 4.79 Å². The van der Waals surface area contributed by atoms with Crippen molar-refractivity contribution in [3.05, 3.63) is 40.4 Å². The van der Waals surface area contributed by atoms with Gasteiger partial charge < -0.3 is 20.6 Å². The molecule has 0 aliphatic heterocycles. The maximum Gasteiger partial charge on any atom is 0.490 e. The highest BCUT2D eigenvalue weighted by Gasteiger charge is 2.38. The third kappa shape index (κ3) is 8.76. The monoisotopic (exact) mass is 546 g/mol. The van der Waals surface area contributed by atoms with Gasteiger partial charge in [-0.1, -0.05) is 0 Å². The summed E-state index contributed by atoms with van der Waals surface area (Å²) >= 11 is 3.35. The summed E-state index contributed by atoms with van der Waals surface area (Å²) in [4.78, 5) is 36.2. The molecule has 0 atom stereocenters. The molecule has 0 unspecified atom stereocenters. The molecule has 1 aliphatic carbocycles. The molecule has 2 aromatic heterocycles. The van der Waals surface area contributed by atoms with Gasteiger partial charge in [-0.15, -0.1) is 0 Å². The van der Waals surface area contributed by atoms with E-state index in [9.17, 15) is 18.0 Å². The zero-order valence-corrected chi connectivity index (χ0v) is 20.4. The summed E-state index contributed by atoms with van der Waals surface area (Å²) in [6.45, 7) is 1.90. The second-order valence-corrected chi connectivity index (χ2v) is 8.83. The normalized spacial score (nSPS) is 17.7. The molecule has 34 heavy (non-hydrogen) atoms. The number of pyridine rings is 1. The number of carbonyl (C=O) groups excluding carboxylic acids is 1. The van der Waals surface area contributed by atoms with Crippen LogP contribution in [0.5, 0.6) is 0 Å². The van der Waals surface area contributed by atoms with Crippen LogP contribution in [0.25, 0.3) is 0 Å². The Labute approximate surface area is 203 Å². The fourth-order valence-corrected chi connectivity index (χ4v) is 3.62. The SMILES string of the molecule is Cc1nc(NC2CCC(NC(=O)c3cncc(Br)c3)CC2)cc(N(C)C)n1.O=C(O)C(F)(F)F. The number of nitrogens with one attached hydrogen (secondary N) is 2. The Kier molecular flexibility index (Phi) is 9.59. The molecule has 186 valence electrons. The number of carbonyl (C=O) groups is 2. The van der Waals surface area contributed by atoms with Gasteiger partial charge in [0.15, 0.2) is 0 Å². The van der Waals surface area contributed by atoms with Gasteiger partial charge in [-0.3, -0.25) is 9.78 Å². The molecular formula is C21H26BrF3N6O3. The second kappa shape index (κ2) is 12.0. The number of rotatable bonds is 5. The first-order valence-electron chi connectivity index (χ1n) is 10.4. The van der Waals surface area contributed by atoms with Crippen molar-refractivity contribution in [1.82, 2.24) is 20.3 Å². The Morgan fingerprint density at radius 1 is 1.09 bits per heavy atom. The molecule has 0 radical (unpaired) electrons. The molecule has 2 aromatic rings. The van der Waals surface area contributed by atoms with E-state index in [1.165, 1.54) is 0 Å². The summed E-state index contributed by atoms with van der Waals surface area (Å²) in [5.41, 5.74) is 0.581. The Hall–Kier alpha value is -2.96. The smallest absolute Gasteiger partial charge is 0.475 e. The Morgan fingerprint density at radius 3 is 2.21 bits per heavy atom. The molecule has 2 heterocycles. The van der Waals surface area contributed by atoms with Gasteiger partial charge in [-0.2, -0.15) is 13.2 Å². The van der Waals surface area contributed by atoms with Crippen LogP contribution in [-0.4, -0.2) is 64.3 Å². The van der Waals surface area contributed by atoms with E-state index >= 15 is 0 Å². The summed E-state index contributed by atoms with van der Waals surface area (Å²) in [5, 5.41) is 13.8. The number of amides is 1. The average molecular weight is 547 g/mol. The molecule has 1 fully saturated rings. The number of carboxylic acids is 1. The highest BCUT2D eigenvalue weighted by molar-refractivity contribution is 9.10. The van der Waals surface area contributed by atoms with E-state index in [2.05, 4.69) is 41.5 Å². The van der Waals surface area contributed by atoms with E-state index < -0.39 is 12.1 Å². The fraction of sp³-hybridized carbons (Fsp3) is 0.476. The largest absolute Gasteiger partial charge is 0.490 e. The molecule has 3 rings (SSSR count). The zero-order valence-electron chi connectivity index (χ0n) is 18.9. The lowest BCUT2D eigenvalue weighted by Gasteiger charge is -2.30. The standard InChI is InChI=1S/C19H25BrN6O.C2HF3O2/c1-12-22-17(9-18(23-12)26(2)3)24-15-4-6-16(7-5-15)25-19(27)13-8-14(20)11-21-10-13;3-2(4,5)1(6)7/h8-11,15-16H,4-7H2,1-3H3,(H,25,27)(H,22,23,24);(H,6,7). The first-order valence-corrected chi connectivity index (χ1v) is 11.2. The van der Waals surface area contributed by atoms with Crippen molar-refractivity contribution >= 4 is 39.4 Å². The van der Waals surface area contributed by atoms with E-state index in [1.54, 1.807) is 18.5 Å². The van der Waals surface area contributed by atoms with Crippen LogP contribution in [0.3, 0.4) is 0 Å². The minimum absolute atomic E-state index is 0.0674. The molecule has 3 N–H and O–H groups in total. The maximum atomic E-state index is 12.4. The van der Waals surface area contributed by atoms with Crippen LogP contribution in [0.2, 0.25) is 0 Å². The van der Waals surface area contributed by atoms with Gasteiger partial charge >= 0.3 is 12.1 Å². The molecule has 0 spiro atoms. The number of anilines is 2. The second-order valence-electron chi connectivity index (χ2n) is 7.91. The van der Waals surface area contributed by atoms with E-state index in [0.717, 1.165) is 47.6 Å². The van der Waals surface area contributed by atoms with Gasteiger partial charge in [0.25, 0.3) is 5.91 Å². The van der Waals surface area contributed by atoms with Crippen LogP contribution in [0.15, 0.2) is 29.0 Å². The molecular weight excluding hydrogens is 521 g/mol. The van der Waals surface area contributed by atoms with Gasteiger partial charge in [0.2, 0.25) is 0 Å². The number of aliphatic carboxylic acids is 1. The number of nitrogens with zero attached hydrogens (tertiary/aromatic N) is 4. The number of hydrogen-bond donors (Lipinski definition) is 3. The number of halogens is 4. The minimum atomic E-state index is -5.08. The van der Waals surface area contributed by atoms with Gasteiger partial charge in [0.1, 0.15) is 17.5 Å².